The van der Waals surface area contributed by atoms with E-state index < -0.39 is 53.7 Å². The number of amides is 1. The normalized spacial score (nSPS) is 17.6. The van der Waals surface area contributed by atoms with E-state index in [2.05, 4.69) is 25.0 Å². The molecule has 4 aromatic carbocycles. The zero-order valence-corrected chi connectivity index (χ0v) is 45.0. The third-order valence-electron chi connectivity index (χ3n) is 14.3. The number of rotatable bonds is 20. The number of piperazine rings is 1. The predicted molar refractivity (Wildman–Crippen MR) is 290 cm³/mol. The van der Waals surface area contributed by atoms with E-state index in [9.17, 15) is 29.0 Å². The van der Waals surface area contributed by atoms with E-state index in [0.717, 1.165) is 49.2 Å². The molecule has 4 N–H and O–H groups in total. The summed E-state index contributed by atoms with van der Waals surface area (Å²) >= 11 is 0. The van der Waals surface area contributed by atoms with Gasteiger partial charge in [-0.3, -0.25) is 9.69 Å². The quantitative estimate of drug-likeness (QED) is 0.0733. The molecule has 426 valence electrons. The number of carbonyl (C=O) groups is 2. The molecule has 1 unspecified atom stereocenters. The van der Waals surface area contributed by atoms with Crippen molar-refractivity contribution in [2.75, 3.05) is 61.1 Å². The molecule has 80 heavy (non-hydrogen) atoms. The molecule has 3 aromatic heterocycles. The number of nitrogens with two attached hydrogens (primary N) is 1. The minimum atomic E-state index is -1.25. The van der Waals surface area contributed by atoms with Crippen LogP contribution in [0.3, 0.4) is 0 Å². The van der Waals surface area contributed by atoms with Crippen LogP contribution >= 0.6 is 0 Å². The largest absolute Gasteiger partial charge is 1.00 e. The van der Waals surface area contributed by atoms with E-state index in [1.54, 1.807) is 53.7 Å². The first-order valence-electron chi connectivity index (χ1n) is 25.9. The Morgan fingerprint density at radius 1 is 0.938 bits per heavy atom. The van der Waals surface area contributed by atoms with Crippen molar-refractivity contribution in [1.82, 2.24) is 29.1 Å². The van der Waals surface area contributed by atoms with E-state index in [4.69, 9.17) is 24.7 Å². The van der Waals surface area contributed by atoms with Gasteiger partial charge in [-0.05, 0) is 105 Å². The number of aromatic nitrogens is 7. The summed E-state index contributed by atoms with van der Waals surface area (Å²) in [6, 6.07) is 27.4. The number of nitrogens with zero attached hydrogens (tertiary/aromatic N) is 10. The molecular formula is C57H68ClF2N11O9. The number of phenols is 1. The van der Waals surface area contributed by atoms with Gasteiger partial charge in [-0.2, -0.15) is 9.67 Å². The smallest absolute Gasteiger partial charge is 0.418 e. The van der Waals surface area contributed by atoms with Crippen LogP contribution in [0.15, 0.2) is 133 Å². The van der Waals surface area contributed by atoms with Crippen LogP contribution in [0.2, 0.25) is 0 Å². The van der Waals surface area contributed by atoms with Gasteiger partial charge in [0.25, 0.3) is 6.33 Å². The van der Waals surface area contributed by atoms with E-state index in [-0.39, 0.29) is 81.4 Å². The van der Waals surface area contributed by atoms with Crippen LogP contribution in [0.1, 0.15) is 70.0 Å². The van der Waals surface area contributed by atoms with Crippen LogP contribution in [0, 0.1) is 17.6 Å². The second kappa shape index (κ2) is 26.4. The Bertz CT molecular complexity index is 3230. The highest BCUT2D eigenvalue weighted by atomic mass is 35.5. The minimum Gasteiger partial charge on any atom is -1.00 e. The number of carbonyl (C=O) groups excluding carboxylic acids is 2. The molecule has 2 aliphatic heterocycles. The number of aliphatic hydroxyl groups excluding tert-OH is 1. The number of hydrogen-bond donors (Lipinski definition) is 3. The van der Waals surface area contributed by atoms with Crippen molar-refractivity contribution in [2.45, 2.75) is 90.6 Å². The molecule has 1 amide bonds. The van der Waals surface area contributed by atoms with E-state index in [0.29, 0.717) is 29.8 Å². The predicted octanol–water partition coefficient (Wildman–Crippen LogP) is 3.61. The van der Waals surface area contributed by atoms with Gasteiger partial charge in [-0.15, -0.1) is 4.68 Å². The molecule has 2 aliphatic rings. The van der Waals surface area contributed by atoms with Crippen molar-refractivity contribution in [3.8, 4) is 17.2 Å². The molecule has 0 aliphatic carbocycles. The van der Waals surface area contributed by atoms with Crippen LogP contribution in [0.5, 0.6) is 11.5 Å². The number of phenolic OH excluding ortho intramolecular Hbond substituents is 1. The Morgan fingerprint density at radius 3 is 2.25 bits per heavy atom. The molecule has 0 saturated carbocycles. The molecule has 0 radical (unpaired) electrons. The van der Waals surface area contributed by atoms with Crippen molar-refractivity contribution in [3.05, 3.63) is 167 Å². The fraction of sp³-hybridized carbons (Fsp3) is 0.386. The summed E-state index contributed by atoms with van der Waals surface area (Å²) in [6.45, 7) is 8.72. The summed E-state index contributed by atoms with van der Waals surface area (Å²) in [5.74, 6) is -1.34. The van der Waals surface area contributed by atoms with Crippen LogP contribution < -0.4 is 47.8 Å². The molecule has 7 aromatic rings. The summed E-state index contributed by atoms with van der Waals surface area (Å²) in [5, 5.41) is 28.5. The Labute approximate surface area is 468 Å². The lowest BCUT2D eigenvalue weighted by molar-refractivity contribution is -0.753. The number of aromatic hydroxyl groups is 1. The molecular weight excluding hydrogens is 1060 g/mol. The van der Waals surface area contributed by atoms with Gasteiger partial charge in [-0.1, -0.05) is 38.6 Å². The highest BCUT2D eigenvalue weighted by molar-refractivity contribution is 5.86. The topological polar surface area (TPSA) is 222 Å². The van der Waals surface area contributed by atoms with Crippen LogP contribution in [0.25, 0.3) is 5.69 Å². The molecule has 5 heterocycles. The van der Waals surface area contributed by atoms with Gasteiger partial charge in [0.2, 0.25) is 12.6 Å². The molecule has 20 nitrogen and oxygen atoms in total. The fourth-order valence-electron chi connectivity index (χ4n) is 9.98. The van der Waals surface area contributed by atoms with Gasteiger partial charge in [0.15, 0.2) is 0 Å². The highest BCUT2D eigenvalue weighted by Gasteiger charge is 2.46. The number of pyridine rings is 1. The fourth-order valence-corrected chi connectivity index (χ4v) is 9.98. The van der Waals surface area contributed by atoms with E-state index in [1.807, 2.05) is 55.5 Å². The molecule has 9 rings (SSSR count). The summed E-state index contributed by atoms with van der Waals surface area (Å²) < 4.78 is 59.9. The third kappa shape index (κ3) is 13.7. The maximum Gasteiger partial charge on any atom is 0.418 e. The van der Waals surface area contributed by atoms with Crippen LogP contribution in [-0.2, 0) is 44.2 Å². The molecule has 2 saturated heterocycles. The number of esters is 1. The standard InChI is InChI=1S/C56H63F2N11O9.CH4.ClH/c1-5-51(37(2)70)69-54(73)68(35-62-69)45-13-11-43(12-14-45)64-23-25-65(26-24-64)44-15-19-47(20-16-44)75-30-40-29-56(77-31-40,48-21-10-42(57)28-49(48)58)33-67-36-66(34-61-67)38(3)78-55(74)63(4)52-41(7-6-22-60-52)32-76-53(72)50(59)27-39-8-17-46(71)18-9-39;;/h6-22,28,34-38,40,50-51,70H,5,23-27,29-33,59H2,1-4H3;1H4;1H/t37-,38?,40+,50-,51-,56-;;/m0../s1. The zero-order valence-electron chi connectivity index (χ0n) is 44.2. The Hall–Kier alpha value is -7.92. The Balaban J connectivity index is 0.00000462. The zero-order chi connectivity index (χ0) is 55.1. The van der Waals surface area contributed by atoms with Crippen LogP contribution in [0.4, 0.5) is 30.8 Å². The SMILES string of the molecule is C.CC[C@@H]([C@H](C)O)n1ncn(-c2ccc(N3CCN(c4ccc(OC[C@@H]5CO[C@@](Cn6c[n+](C(C)OC(=O)N(C)c7ncccc7COC(=O)[C@@H](N)Cc7ccc(O)cc7)cn6)(c6ccc(F)cc6F)C5)cc4)CC3)cc2)c1=O.[Cl-]. The lowest BCUT2D eigenvalue weighted by atomic mass is 9.87. The first-order valence-corrected chi connectivity index (χ1v) is 25.9. The lowest BCUT2D eigenvalue weighted by Gasteiger charge is -2.37. The van der Waals surface area contributed by atoms with Gasteiger partial charge >= 0.3 is 17.8 Å². The number of halogens is 3. The maximum atomic E-state index is 15.7. The van der Waals surface area contributed by atoms with Crippen molar-refractivity contribution < 1.29 is 64.5 Å². The second-order valence-corrected chi connectivity index (χ2v) is 19.7. The molecule has 23 heteroatoms. The summed E-state index contributed by atoms with van der Waals surface area (Å²) in [5.41, 5.74) is 8.71. The highest BCUT2D eigenvalue weighted by Crippen LogP contribution is 2.42. The second-order valence-electron chi connectivity index (χ2n) is 19.7. The summed E-state index contributed by atoms with van der Waals surface area (Å²) in [4.78, 5) is 49.6. The minimum absolute atomic E-state index is 0. The Kier molecular flexibility index (Phi) is 19.7. The number of aliphatic hydroxyl groups is 1. The van der Waals surface area contributed by atoms with Gasteiger partial charge < -0.3 is 57.1 Å². The maximum absolute atomic E-state index is 15.7. The summed E-state index contributed by atoms with van der Waals surface area (Å²) in [7, 11) is 1.47. The van der Waals surface area contributed by atoms with Crippen molar-refractivity contribution >= 4 is 29.3 Å². The third-order valence-corrected chi connectivity index (χ3v) is 14.3. The van der Waals surface area contributed by atoms with E-state index in [1.165, 1.54) is 64.3 Å². The van der Waals surface area contributed by atoms with Crippen LogP contribution in [-0.4, -0.2) is 110 Å². The number of anilines is 3. The van der Waals surface area contributed by atoms with Crippen molar-refractivity contribution in [3.63, 3.8) is 0 Å². The Morgan fingerprint density at radius 2 is 1.60 bits per heavy atom. The molecule has 6 atom stereocenters. The molecule has 0 spiro atoms. The van der Waals surface area contributed by atoms with Gasteiger partial charge in [0.05, 0.1) is 31.0 Å². The van der Waals surface area contributed by atoms with Gasteiger partial charge in [0.1, 0.15) is 60.1 Å². The van der Waals surface area contributed by atoms with Gasteiger partial charge in [-0.25, -0.2) is 32.6 Å². The molecule has 0 bridgehead atoms. The number of benzene rings is 4. The van der Waals surface area contributed by atoms with Gasteiger partial charge in [0, 0.05) is 85.9 Å². The molecule has 2 fully saturated rings. The monoisotopic (exact) mass is 1120 g/mol. The first kappa shape index (κ1) is 59.7. The average molecular weight is 1120 g/mol. The van der Waals surface area contributed by atoms with E-state index >= 15 is 4.39 Å². The lowest BCUT2D eigenvalue weighted by Crippen LogP contribution is -3.00. The van der Waals surface area contributed by atoms with Crippen molar-refractivity contribution in [2.24, 2.45) is 11.7 Å². The van der Waals surface area contributed by atoms with Crippen molar-refractivity contribution in [1.29, 1.82) is 0 Å². The average Bonchev–Trinajstić information content (AvgIpc) is 4.28. The number of ether oxygens (including phenoxy) is 4. The number of hydrogen-bond acceptors (Lipinski definition) is 15. The summed E-state index contributed by atoms with van der Waals surface area (Å²) in [6.07, 6.45) is 4.80. The first-order chi connectivity index (χ1) is 37.6.